The molecule has 1 heterocycles. The summed E-state index contributed by atoms with van der Waals surface area (Å²) in [6.45, 7) is 8.34. The zero-order valence-corrected chi connectivity index (χ0v) is 19.6. The lowest BCUT2D eigenvalue weighted by molar-refractivity contribution is -0.120. The van der Waals surface area contributed by atoms with Gasteiger partial charge in [0.05, 0.1) is 12.4 Å². The second-order valence-corrected chi connectivity index (χ2v) is 8.94. The maximum atomic E-state index is 12.8. The van der Waals surface area contributed by atoms with E-state index in [1.165, 1.54) is 17.3 Å². The molecule has 0 saturated heterocycles. The van der Waals surface area contributed by atoms with E-state index < -0.39 is 0 Å². The van der Waals surface area contributed by atoms with Gasteiger partial charge in [0.1, 0.15) is 5.75 Å². The van der Waals surface area contributed by atoms with Crippen LogP contribution in [0, 0.1) is 0 Å². The predicted octanol–water partition coefficient (Wildman–Crippen LogP) is 4.76. The van der Waals surface area contributed by atoms with Crippen molar-refractivity contribution in [2.45, 2.75) is 49.7 Å². The summed E-state index contributed by atoms with van der Waals surface area (Å²) in [5.41, 5.74) is 2.21. The highest BCUT2D eigenvalue weighted by molar-refractivity contribution is 8.00. The highest BCUT2D eigenvalue weighted by atomic mass is 32.2. The third kappa shape index (κ3) is 6.23. The van der Waals surface area contributed by atoms with Gasteiger partial charge in [-0.25, -0.2) is 0 Å². The van der Waals surface area contributed by atoms with Crippen molar-refractivity contribution in [1.82, 2.24) is 20.1 Å². The number of benzene rings is 2. The summed E-state index contributed by atoms with van der Waals surface area (Å²) in [4.78, 5) is 12.8. The molecule has 0 spiro atoms. The van der Waals surface area contributed by atoms with E-state index in [4.69, 9.17) is 4.74 Å². The number of allylic oxidation sites excluding steroid dienone is 1. The number of nitrogens with zero attached hydrogens (tertiary/aromatic N) is 3. The summed E-state index contributed by atoms with van der Waals surface area (Å²) in [5, 5.41) is 12.2. The molecule has 2 aromatic carbocycles. The Morgan fingerprint density at radius 3 is 2.53 bits per heavy atom. The van der Waals surface area contributed by atoms with Crippen molar-refractivity contribution in [3.05, 3.63) is 72.8 Å². The largest absolute Gasteiger partial charge is 0.497 e. The van der Waals surface area contributed by atoms with Gasteiger partial charge in [0.2, 0.25) is 5.91 Å². The first-order valence-corrected chi connectivity index (χ1v) is 11.6. The fourth-order valence-corrected chi connectivity index (χ4v) is 4.16. The number of aryl methyl sites for hydroxylation is 1. The van der Waals surface area contributed by atoms with E-state index in [0.717, 1.165) is 30.0 Å². The van der Waals surface area contributed by atoms with Crippen molar-refractivity contribution in [2.24, 2.45) is 0 Å². The average Bonchev–Trinajstić information content (AvgIpc) is 3.20. The highest BCUT2D eigenvalue weighted by Gasteiger charge is 2.21. The number of hydrogen-bond donors (Lipinski definition) is 1. The van der Waals surface area contributed by atoms with Gasteiger partial charge in [-0.2, -0.15) is 0 Å². The normalized spacial score (nSPS) is 12.7. The van der Waals surface area contributed by atoms with Gasteiger partial charge >= 0.3 is 0 Å². The van der Waals surface area contributed by atoms with Crippen molar-refractivity contribution >= 4 is 17.7 Å². The first-order valence-electron chi connectivity index (χ1n) is 10.7. The summed E-state index contributed by atoms with van der Waals surface area (Å²) >= 11 is 1.40. The number of thioether (sulfide) groups is 1. The first-order chi connectivity index (χ1) is 15.5. The van der Waals surface area contributed by atoms with Crippen molar-refractivity contribution in [3.8, 4) is 17.1 Å². The minimum absolute atomic E-state index is 0.00490. The summed E-state index contributed by atoms with van der Waals surface area (Å²) < 4.78 is 7.21. The lowest BCUT2D eigenvalue weighted by atomic mass is 10.1. The number of ether oxygens (including phenoxy) is 1. The molecule has 0 aliphatic heterocycles. The van der Waals surface area contributed by atoms with Gasteiger partial charge in [-0.15, -0.1) is 16.8 Å². The van der Waals surface area contributed by atoms with Gasteiger partial charge in [-0.3, -0.25) is 9.36 Å². The van der Waals surface area contributed by atoms with Gasteiger partial charge in [0.15, 0.2) is 11.0 Å². The molecule has 3 aromatic rings. The molecule has 1 amide bonds. The predicted molar refractivity (Wildman–Crippen MR) is 130 cm³/mol. The van der Waals surface area contributed by atoms with Crippen LogP contribution < -0.4 is 10.1 Å². The molecule has 2 unspecified atom stereocenters. The van der Waals surface area contributed by atoms with E-state index in [2.05, 4.69) is 34.2 Å². The fraction of sp³-hybridized carbons (Fsp3) is 0.320. The average molecular weight is 451 g/mol. The van der Waals surface area contributed by atoms with E-state index in [-0.39, 0.29) is 17.2 Å². The Balaban J connectivity index is 1.63. The van der Waals surface area contributed by atoms with Crippen LogP contribution in [-0.2, 0) is 17.8 Å². The minimum atomic E-state index is -0.300. The molecule has 6 nitrogen and oxygen atoms in total. The van der Waals surface area contributed by atoms with Crippen LogP contribution >= 0.6 is 11.8 Å². The van der Waals surface area contributed by atoms with E-state index in [9.17, 15) is 4.79 Å². The summed E-state index contributed by atoms with van der Waals surface area (Å²) in [5.74, 6) is 1.51. The highest BCUT2D eigenvalue weighted by Crippen LogP contribution is 2.28. The van der Waals surface area contributed by atoms with E-state index in [0.29, 0.717) is 11.7 Å². The van der Waals surface area contributed by atoms with Crippen LogP contribution in [0.4, 0.5) is 0 Å². The number of aromatic nitrogens is 3. The third-order valence-electron chi connectivity index (χ3n) is 5.13. The molecule has 0 aliphatic carbocycles. The molecule has 0 saturated carbocycles. The van der Waals surface area contributed by atoms with Gasteiger partial charge < -0.3 is 10.1 Å². The second kappa shape index (κ2) is 11.5. The SMILES string of the molecule is C=CCn1c(SC(C)C(=O)NC(C)CCc2ccccc2)nnc1-c1ccc(OC)cc1. The number of methoxy groups -OCH3 is 1. The van der Waals surface area contributed by atoms with Gasteiger partial charge in [0.25, 0.3) is 0 Å². The van der Waals surface area contributed by atoms with Crippen LogP contribution in [0.5, 0.6) is 5.75 Å². The van der Waals surface area contributed by atoms with Crippen LogP contribution in [0.25, 0.3) is 11.4 Å². The molecule has 32 heavy (non-hydrogen) atoms. The Bertz CT molecular complexity index is 1020. The van der Waals surface area contributed by atoms with E-state index in [1.54, 1.807) is 13.2 Å². The Kier molecular flexibility index (Phi) is 8.50. The zero-order valence-electron chi connectivity index (χ0n) is 18.8. The number of nitrogens with one attached hydrogen (secondary N) is 1. The molecule has 0 aliphatic rings. The Hall–Kier alpha value is -3.06. The van der Waals surface area contributed by atoms with Crippen molar-refractivity contribution in [1.29, 1.82) is 0 Å². The summed E-state index contributed by atoms with van der Waals surface area (Å²) in [7, 11) is 1.64. The number of rotatable bonds is 11. The number of carbonyl (C=O) groups is 1. The smallest absolute Gasteiger partial charge is 0.233 e. The third-order valence-corrected chi connectivity index (χ3v) is 6.21. The second-order valence-electron chi connectivity index (χ2n) is 7.63. The van der Waals surface area contributed by atoms with Crippen LogP contribution in [0.3, 0.4) is 0 Å². The molecular formula is C25H30N4O2S. The Labute approximate surface area is 194 Å². The van der Waals surface area contributed by atoms with Crippen molar-refractivity contribution in [2.75, 3.05) is 7.11 Å². The Morgan fingerprint density at radius 2 is 1.88 bits per heavy atom. The molecule has 0 fully saturated rings. The van der Waals surface area contributed by atoms with E-state index >= 15 is 0 Å². The molecule has 2 atom stereocenters. The standard InChI is InChI=1S/C25H30N4O2S/c1-5-17-29-23(21-13-15-22(31-4)16-14-21)27-28-25(29)32-19(3)24(30)26-18(2)11-12-20-9-7-6-8-10-20/h5-10,13-16,18-19H,1,11-12,17H2,2-4H3,(H,26,30). The zero-order chi connectivity index (χ0) is 22.9. The molecule has 1 aromatic heterocycles. The van der Waals surface area contributed by atoms with Gasteiger partial charge in [-0.05, 0) is 56.5 Å². The molecule has 168 valence electrons. The monoisotopic (exact) mass is 450 g/mol. The summed E-state index contributed by atoms with van der Waals surface area (Å²) in [6, 6.07) is 18.1. The fourth-order valence-electron chi connectivity index (χ4n) is 3.30. The Morgan fingerprint density at radius 1 is 1.16 bits per heavy atom. The molecule has 7 heteroatoms. The maximum absolute atomic E-state index is 12.8. The lowest BCUT2D eigenvalue weighted by Gasteiger charge is -2.17. The quantitative estimate of drug-likeness (QED) is 0.337. The van der Waals surface area contributed by atoms with Crippen molar-refractivity contribution < 1.29 is 9.53 Å². The van der Waals surface area contributed by atoms with Crippen LogP contribution in [0.2, 0.25) is 0 Å². The van der Waals surface area contributed by atoms with Crippen molar-refractivity contribution in [3.63, 3.8) is 0 Å². The molecule has 0 radical (unpaired) electrons. The first kappa shape index (κ1) is 23.6. The molecular weight excluding hydrogens is 420 g/mol. The van der Waals surface area contributed by atoms with Crippen LogP contribution in [-0.4, -0.2) is 39.1 Å². The topological polar surface area (TPSA) is 69.0 Å². The van der Waals surface area contributed by atoms with Crippen LogP contribution in [0.1, 0.15) is 25.8 Å². The van der Waals surface area contributed by atoms with Gasteiger partial charge in [0, 0.05) is 18.2 Å². The minimum Gasteiger partial charge on any atom is -0.497 e. The van der Waals surface area contributed by atoms with Gasteiger partial charge in [-0.1, -0.05) is 48.2 Å². The lowest BCUT2D eigenvalue weighted by Crippen LogP contribution is -2.38. The number of amides is 1. The number of carbonyl (C=O) groups excluding carboxylic acids is 1. The maximum Gasteiger partial charge on any atom is 0.233 e. The molecule has 3 rings (SSSR count). The summed E-state index contributed by atoms with van der Waals surface area (Å²) in [6.07, 6.45) is 3.63. The van der Waals surface area contributed by atoms with E-state index in [1.807, 2.05) is 60.9 Å². The molecule has 1 N–H and O–H groups in total. The van der Waals surface area contributed by atoms with Crippen LogP contribution in [0.15, 0.2) is 72.4 Å². The molecule has 0 bridgehead atoms. The number of hydrogen-bond acceptors (Lipinski definition) is 5.